The molecule has 180 valence electrons. The maximum atomic E-state index is 12.7. The molecule has 2 aromatic heterocycles. The molecule has 1 saturated heterocycles. The SMILES string of the molecule is CC(C)(C)[Si](C)(C)O[C@@H]1CCNC[C@H]1N(C(=O)O)c1ccncc1NC(=O)c1csc(Br)n1. The van der Waals surface area contributed by atoms with Crippen molar-refractivity contribution in [3.8, 4) is 0 Å². The molecule has 1 fully saturated rings. The number of carbonyl (C=O) groups is 2. The molecular weight excluding hydrogens is 526 g/mol. The number of thiazole rings is 1. The number of pyridine rings is 1. The van der Waals surface area contributed by atoms with Crippen molar-refractivity contribution < 1.29 is 19.1 Å². The largest absolute Gasteiger partial charge is 0.465 e. The zero-order chi connectivity index (χ0) is 24.4. The summed E-state index contributed by atoms with van der Waals surface area (Å²) in [4.78, 5) is 34.7. The molecule has 0 unspecified atom stereocenters. The number of hydrogen-bond donors (Lipinski definition) is 3. The number of nitrogens with zero attached hydrogens (tertiary/aromatic N) is 3. The first kappa shape index (κ1) is 25.8. The van der Waals surface area contributed by atoms with Gasteiger partial charge in [0.15, 0.2) is 12.2 Å². The molecule has 0 saturated carbocycles. The van der Waals surface area contributed by atoms with Gasteiger partial charge in [0.2, 0.25) is 0 Å². The molecular formula is C21H30BrN5O4SSi. The Morgan fingerprint density at radius 2 is 2.12 bits per heavy atom. The standard InChI is InChI=1S/C21H30BrN5O4SSi/c1-21(2,3)33(4,5)31-17-7-9-24-11-16(17)27(20(29)30)15-6-8-23-10-13(15)25-18(28)14-12-32-19(22)26-14/h6,8,10,12,16-17,24H,7,9,11H2,1-5H3,(H,25,28)(H,29,30)/t16-,17-/m1/s1. The molecule has 0 aromatic carbocycles. The van der Waals surface area contributed by atoms with E-state index < -0.39 is 26.4 Å². The summed E-state index contributed by atoms with van der Waals surface area (Å²) in [5.41, 5.74) is 0.880. The summed E-state index contributed by atoms with van der Waals surface area (Å²) in [6.07, 6.45) is 2.27. The van der Waals surface area contributed by atoms with E-state index >= 15 is 0 Å². The Bertz CT molecular complexity index is 1010. The van der Waals surface area contributed by atoms with Gasteiger partial charge in [-0.25, -0.2) is 9.78 Å². The lowest BCUT2D eigenvalue weighted by molar-refractivity contribution is 0.102. The number of aromatic nitrogens is 2. The maximum absolute atomic E-state index is 12.7. The van der Waals surface area contributed by atoms with Crippen molar-refractivity contribution in [2.24, 2.45) is 0 Å². The van der Waals surface area contributed by atoms with Gasteiger partial charge in [-0.05, 0) is 53.1 Å². The second-order valence-corrected chi connectivity index (χ2v) is 16.4. The van der Waals surface area contributed by atoms with Crippen molar-refractivity contribution in [1.29, 1.82) is 0 Å². The van der Waals surface area contributed by atoms with Gasteiger partial charge >= 0.3 is 6.09 Å². The molecule has 9 nitrogen and oxygen atoms in total. The normalized spacial score (nSPS) is 19.2. The monoisotopic (exact) mass is 555 g/mol. The quantitative estimate of drug-likeness (QED) is 0.438. The molecule has 12 heteroatoms. The van der Waals surface area contributed by atoms with Crippen molar-refractivity contribution in [2.45, 2.75) is 57.5 Å². The van der Waals surface area contributed by atoms with Crippen molar-refractivity contribution in [3.63, 3.8) is 0 Å². The van der Waals surface area contributed by atoms with Crippen molar-refractivity contribution in [3.05, 3.63) is 33.5 Å². The third-order valence-corrected chi connectivity index (χ3v) is 12.1. The molecule has 1 aliphatic rings. The summed E-state index contributed by atoms with van der Waals surface area (Å²) in [6.45, 7) is 12.0. The van der Waals surface area contributed by atoms with Crippen LogP contribution in [0.25, 0.3) is 0 Å². The van der Waals surface area contributed by atoms with Crippen LogP contribution >= 0.6 is 27.3 Å². The number of carbonyl (C=O) groups excluding carboxylic acids is 1. The van der Waals surface area contributed by atoms with Gasteiger partial charge < -0.3 is 20.2 Å². The minimum Gasteiger partial charge on any atom is -0.465 e. The van der Waals surface area contributed by atoms with Crippen LogP contribution in [-0.2, 0) is 4.43 Å². The minimum absolute atomic E-state index is 0.00586. The van der Waals surface area contributed by atoms with E-state index in [1.807, 2.05) is 0 Å². The number of piperidine rings is 1. The smallest absolute Gasteiger partial charge is 0.412 e. The Kier molecular flexibility index (Phi) is 7.94. The molecule has 3 N–H and O–H groups in total. The third-order valence-electron chi connectivity index (χ3n) is 6.19. The predicted molar refractivity (Wildman–Crippen MR) is 136 cm³/mol. The second-order valence-electron chi connectivity index (χ2n) is 9.46. The van der Waals surface area contributed by atoms with Crippen LogP contribution in [-0.4, -0.2) is 60.6 Å². The van der Waals surface area contributed by atoms with Crippen LogP contribution in [0.4, 0.5) is 16.2 Å². The average Bonchev–Trinajstić information content (AvgIpc) is 3.16. The Morgan fingerprint density at radius 1 is 1.39 bits per heavy atom. The van der Waals surface area contributed by atoms with Gasteiger partial charge in [0, 0.05) is 18.1 Å². The zero-order valence-electron chi connectivity index (χ0n) is 19.4. The highest BCUT2D eigenvalue weighted by atomic mass is 79.9. The lowest BCUT2D eigenvalue weighted by Crippen LogP contribution is -2.60. The Morgan fingerprint density at radius 3 is 2.73 bits per heavy atom. The van der Waals surface area contributed by atoms with Crippen LogP contribution in [0, 0.1) is 0 Å². The van der Waals surface area contributed by atoms with Gasteiger partial charge in [-0.15, -0.1) is 11.3 Å². The number of amides is 2. The molecule has 0 spiro atoms. The fourth-order valence-corrected chi connectivity index (χ4v) is 5.80. The van der Waals surface area contributed by atoms with Gasteiger partial charge in [-0.1, -0.05) is 20.8 Å². The lowest BCUT2D eigenvalue weighted by Gasteiger charge is -2.45. The average molecular weight is 557 g/mol. The highest BCUT2D eigenvalue weighted by molar-refractivity contribution is 9.11. The van der Waals surface area contributed by atoms with E-state index in [9.17, 15) is 14.7 Å². The van der Waals surface area contributed by atoms with E-state index in [1.165, 1.54) is 28.6 Å². The first-order valence-electron chi connectivity index (χ1n) is 10.7. The van der Waals surface area contributed by atoms with E-state index in [0.717, 1.165) is 6.54 Å². The molecule has 0 radical (unpaired) electrons. The number of nitrogens with one attached hydrogen (secondary N) is 2. The van der Waals surface area contributed by atoms with E-state index in [0.29, 0.717) is 28.3 Å². The maximum Gasteiger partial charge on any atom is 0.412 e. The third kappa shape index (κ3) is 5.99. The molecule has 0 bridgehead atoms. The van der Waals surface area contributed by atoms with E-state index in [4.69, 9.17) is 4.43 Å². The van der Waals surface area contributed by atoms with Crippen LogP contribution < -0.4 is 15.5 Å². The van der Waals surface area contributed by atoms with E-state index in [1.54, 1.807) is 11.4 Å². The number of carboxylic acid groups (broad SMARTS) is 1. The summed E-state index contributed by atoms with van der Waals surface area (Å²) < 4.78 is 7.27. The molecule has 3 heterocycles. The first-order chi connectivity index (χ1) is 15.4. The summed E-state index contributed by atoms with van der Waals surface area (Å²) in [5, 5.41) is 17.9. The van der Waals surface area contributed by atoms with Gasteiger partial charge in [0.25, 0.3) is 5.91 Å². The van der Waals surface area contributed by atoms with Crippen LogP contribution in [0.5, 0.6) is 0 Å². The molecule has 3 rings (SSSR count). The fraction of sp³-hybridized carbons (Fsp3) is 0.524. The summed E-state index contributed by atoms with van der Waals surface area (Å²) in [7, 11) is -2.14. The first-order valence-corrected chi connectivity index (χ1v) is 15.3. The highest BCUT2D eigenvalue weighted by Crippen LogP contribution is 2.39. The number of rotatable bonds is 6. The van der Waals surface area contributed by atoms with Crippen molar-refractivity contribution in [1.82, 2.24) is 15.3 Å². The predicted octanol–water partition coefficient (Wildman–Crippen LogP) is 4.79. The van der Waals surface area contributed by atoms with Crippen LogP contribution in [0.2, 0.25) is 18.1 Å². The topological polar surface area (TPSA) is 117 Å². The van der Waals surface area contributed by atoms with E-state index in [-0.39, 0.29) is 16.8 Å². The number of anilines is 2. The van der Waals surface area contributed by atoms with Crippen LogP contribution in [0.3, 0.4) is 0 Å². The Balaban J connectivity index is 1.93. The van der Waals surface area contributed by atoms with E-state index in [2.05, 4.69) is 70.4 Å². The Hall–Kier alpha value is -1.86. The molecule has 2 aromatic rings. The minimum atomic E-state index is -2.14. The van der Waals surface area contributed by atoms with Crippen molar-refractivity contribution >= 4 is 59.0 Å². The summed E-state index contributed by atoms with van der Waals surface area (Å²) >= 11 is 4.54. The van der Waals surface area contributed by atoms with Crippen molar-refractivity contribution in [2.75, 3.05) is 23.3 Å². The number of hydrogen-bond acceptors (Lipinski definition) is 7. The molecule has 1 aliphatic heterocycles. The number of halogens is 1. The zero-order valence-corrected chi connectivity index (χ0v) is 22.8. The van der Waals surface area contributed by atoms with Gasteiger partial charge in [-0.3, -0.25) is 14.7 Å². The lowest BCUT2D eigenvalue weighted by atomic mass is 10.0. The Labute approximate surface area is 207 Å². The summed E-state index contributed by atoms with van der Waals surface area (Å²) in [5.74, 6) is -0.438. The van der Waals surface area contributed by atoms with Gasteiger partial charge in [0.05, 0.1) is 29.7 Å². The fourth-order valence-electron chi connectivity index (χ4n) is 3.43. The van der Waals surface area contributed by atoms with Crippen LogP contribution in [0.15, 0.2) is 27.8 Å². The highest BCUT2D eigenvalue weighted by Gasteiger charge is 2.44. The molecule has 0 aliphatic carbocycles. The van der Waals surface area contributed by atoms with Gasteiger partial charge in [-0.2, -0.15) is 0 Å². The molecule has 2 atom stereocenters. The summed E-state index contributed by atoms with van der Waals surface area (Å²) in [6, 6.07) is 1.13. The van der Waals surface area contributed by atoms with Crippen LogP contribution in [0.1, 0.15) is 37.7 Å². The van der Waals surface area contributed by atoms with Gasteiger partial charge in [0.1, 0.15) is 5.69 Å². The molecule has 2 amide bonds. The second kappa shape index (κ2) is 10.2. The molecule has 33 heavy (non-hydrogen) atoms.